The molecule has 1 aromatic rings. The van der Waals surface area contributed by atoms with E-state index in [0.717, 1.165) is 37.1 Å². The van der Waals surface area contributed by atoms with Crippen molar-refractivity contribution in [3.63, 3.8) is 0 Å². The molecule has 18 heavy (non-hydrogen) atoms. The number of aromatic nitrogens is 2. The maximum absolute atomic E-state index is 10.1. The van der Waals surface area contributed by atoms with Gasteiger partial charge in [-0.2, -0.15) is 0 Å². The third-order valence-corrected chi connectivity index (χ3v) is 4.16. The lowest BCUT2D eigenvalue weighted by Gasteiger charge is -2.38. The summed E-state index contributed by atoms with van der Waals surface area (Å²) in [5, 5.41) is 13.4. The fourth-order valence-electron chi connectivity index (χ4n) is 2.48. The van der Waals surface area contributed by atoms with Crippen LogP contribution < -0.4 is 5.32 Å². The van der Waals surface area contributed by atoms with Crippen LogP contribution in [0.15, 0.2) is 6.20 Å². The van der Waals surface area contributed by atoms with Gasteiger partial charge in [0.05, 0.1) is 6.10 Å². The fraction of sp³-hybridized carbons (Fsp3) is 0.714. The van der Waals surface area contributed by atoms with Crippen LogP contribution in [0.25, 0.3) is 0 Å². The minimum absolute atomic E-state index is 0.0552. The molecule has 0 saturated heterocycles. The van der Waals surface area contributed by atoms with Crippen molar-refractivity contribution in [2.45, 2.75) is 52.6 Å². The van der Waals surface area contributed by atoms with E-state index in [1.54, 1.807) is 0 Å². The minimum Gasteiger partial charge on any atom is -0.392 e. The standard InChI is InChI=1S/C14H23N3O/c1-10-8-15-13(17-11(10)2)16-9-14(3)7-5-4-6-12(14)18/h8,12,18H,4-7,9H2,1-3H3,(H,15,16,17). The van der Waals surface area contributed by atoms with Crippen LogP contribution in [-0.4, -0.2) is 27.7 Å². The number of aliphatic hydroxyl groups is 1. The molecular weight excluding hydrogens is 226 g/mol. The number of rotatable bonds is 3. The fourth-order valence-corrected chi connectivity index (χ4v) is 2.48. The van der Waals surface area contributed by atoms with E-state index in [4.69, 9.17) is 0 Å². The Morgan fingerprint density at radius 2 is 2.22 bits per heavy atom. The minimum atomic E-state index is -0.217. The molecule has 0 amide bonds. The lowest BCUT2D eigenvalue weighted by atomic mass is 9.73. The average Bonchev–Trinajstić information content (AvgIpc) is 2.35. The molecule has 1 heterocycles. The van der Waals surface area contributed by atoms with Crippen LogP contribution in [0.1, 0.15) is 43.9 Å². The van der Waals surface area contributed by atoms with E-state index < -0.39 is 0 Å². The predicted octanol–water partition coefficient (Wildman–Crippen LogP) is 2.45. The maximum Gasteiger partial charge on any atom is 0.222 e. The molecule has 4 nitrogen and oxygen atoms in total. The van der Waals surface area contributed by atoms with Crippen LogP contribution in [0, 0.1) is 19.3 Å². The van der Waals surface area contributed by atoms with Gasteiger partial charge in [0.2, 0.25) is 5.95 Å². The van der Waals surface area contributed by atoms with Crippen LogP contribution >= 0.6 is 0 Å². The number of nitrogens with zero attached hydrogens (tertiary/aromatic N) is 2. The van der Waals surface area contributed by atoms with Crippen LogP contribution in [0.5, 0.6) is 0 Å². The Morgan fingerprint density at radius 3 is 2.89 bits per heavy atom. The van der Waals surface area contributed by atoms with Crippen molar-refractivity contribution in [2.75, 3.05) is 11.9 Å². The lowest BCUT2D eigenvalue weighted by Crippen LogP contribution is -2.41. The van der Waals surface area contributed by atoms with Gasteiger partial charge in [0.15, 0.2) is 0 Å². The third-order valence-electron chi connectivity index (χ3n) is 4.16. The highest BCUT2D eigenvalue weighted by Gasteiger charge is 2.35. The Balaban J connectivity index is 1.99. The van der Waals surface area contributed by atoms with Crippen molar-refractivity contribution < 1.29 is 5.11 Å². The molecule has 100 valence electrons. The number of hydrogen-bond acceptors (Lipinski definition) is 4. The van der Waals surface area contributed by atoms with E-state index in [1.807, 2.05) is 20.0 Å². The molecule has 0 spiro atoms. The van der Waals surface area contributed by atoms with Crippen LogP contribution in [0.4, 0.5) is 5.95 Å². The van der Waals surface area contributed by atoms with Crippen molar-refractivity contribution in [3.8, 4) is 0 Å². The van der Waals surface area contributed by atoms with Crippen LogP contribution in [0.2, 0.25) is 0 Å². The molecule has 1 aliphatic rings. The van der Waals surface area contributed by atoms with E-state index >= 15 is 0 Å². The number of aryl methyl sites for hydroxylation is 2. The monoisotopic (exact) mass is 249 g/mol. The summed E-state index contributed by atoms with van der Waals surface area (Å²) in [4.78, 5) is 8.69. The number of nitrogens with one attached hydrogen (secondary N) is 1. The highest BCUT2D eigenvalue weighted by atomic mass is 16.3. The topological polar surface area (TPSA) is 58.0 Å². The van der Waals surface area contributed by atoms with E-state index in [9.17, 15) is 5.11 Å². The molecule has 4 heteroatoms. The molecule has 2 rings (SSSR count). The van der Waals surface area contributed by atoms with Gasteiger partial charge < -0.3 is 10.4 Å². The van der Waals surface area contributed by atoms with Gasteiger partial charge in [-0.1, -0.05) is 19.8 Å². The zero-order valence-corrected chi connectivity index (χ0v) is 11.5. The summed E-state index contributed by atoms with van der Waals surface area (Å²) in [7, 11) is 0. The second kappa shape index (κ2) is 5.22. The molecular formula is C14H23N3O. The molecule has 2 atom stereocenters. The SMILES string of the molecule is Cc1cnc(NCC2(C)CCCCC2O)nc1C. The molecule has 1 fully saturated rings. The zero-order valence-electron chi connectivity index (χ0n) is 11.5. The molecule has 2 unspecified atom stereocenters. The summed E-state index contributed by atoms with van der Waals surface area (Å²) in [5.74, 6) is 0.664. The average molecular weight is 249 g/mol. The van der Waals surface area contributed by atoms with Gasteiger partial charge in [0.1, 0.15) is 0 Å². The Kier molecular flexibility index (Phi) is 3.85. The molecule has 2 N–H and O–H groups in total. The van der Waals surface area contributed by atoms with Crippen LogP contribution in [-0.2, 0) is 0 Å². The normalized spacial score (nSPS) is 28.1. The first-order chi connectivity index (χ1) is 8.51. The van der Waals surface area contributed by atoms with E-state index in [1.165, 1.54) is 6.42 Å². The summed E-state index contributed by atoms with van der Waals surface area (Å²) in [5.41, 5.74) is 2.05. The second-order valence-electron chi connectivity index (χ2n) is 5.73. The van der Waals surface area contributed by atoms with Crippen molar-refractivity contribution in [1.29, 1.82) is 0 Å². The molecule has 1 aliphatic carbocycles. The highest BCUT2D eigenvalue weighted by Crippen LogP contribution is 2.36. The summed E-state index contributed by atoms with van der Waals surface area (Å²) >= 11 is 0. The van der Waals surface area contributed by atoms with Crippen molar-refractivity contribution >= 4 is 5.95 Å². The Hall–Kier alpha value is -1.16. The molecule has 0 radical (unpaired) electrons. The molecule has 0 aromatic carbocycles. The van der Waals surface area contributed by atoms with Gasteiger partial charge in [-0.25, -0.2) is 9.97 Å². The summed E-state index contributed by atoms with van der Waals surface area (Å²) in [6, 6.07) is 0. The summed E-state index contributed by atoms with van der Waals surface area (Å²) in [6.45, 7) is 6.87. The Labute approximate surface area is 109 Å². The van der Waals surface area contributed by atoms with Gasteiger partial charge in [0, 0.05) is 23.9 Å². The molecule has 1 saturated carbocycles. The van der Waals surface area contributed by atoms with Crippen LogP contribution in [0.3, 0.4) is 0 Å². The van der Waals surface area contributed by atoms with Crippen molar-refractivity contribution in [1.82, 2.24) is 9.97 Å². The first kappa shape index (κ1) is 13.3. The quantitative estimate of drug-likeness (QED) is 0.864. The van der Waals surface area contributed by atoms with Gasteiger partial charge in [-0.3, -0.25) is 0 Å². The molecule has 1 aromatic heterocycles. The van der Waals surface area contributed by atoms with Gasteiger partial charge in [-0.05, 0) is 32.3 Å². The first-order valence-electron chi connectivity index (χ1n) is 6.73. The summed E-state index contributed by atoms with van der Waals surface area (Å²) in [6.07, 6.45) is 5.92. The van der Waals surface area contributed by atoms with E-state index in [0.29, 0.717) is 5.95 Å². The van der Waals surface area contributed by atoms with Crippen molar-refractivity contribution in [3.05, 3.63) is 17.5 Å². The smallest absolute Gasteiger partial charge is 0.222 e. The first-order valence-corrected chi connectivity index (χ1v) is 6.73. The number of aliphatic hydroxyl groups excluding tert-OH is 1. The zero-order chi connectivity index (χ0) is 13.2. The predicted molar refractivity (Wildman–Crippen MR) is 72.6 cm³/mol. The van der Waals surface area contributed by atoms with Crippen molar-refractivity contribution in [2.24, 2.45) is 5.41 Å². The Morgan fingerprint density at radius 1 is 1.44 bits per heavy atom. The second-order valence-corrected chi connectivity index (χ2v) is 5.73. The van der Waals surface area contributed by atoms with Gasteiger partial charge >= 0.3 is 0 Å². The summed E-state index contributed by atoms with van der Waals surface area (Å²) < 4.78 is 0. The third kappa shape index (κ3) is 2.80. The number of hydrogen-bond donors (Lipinski definition) is 2. The lowest BCUT2D eigenvalue weighted by molar-refractivity contribution is 0.00953. The van der Waals surface area contributed by atoms with Gasteiger partial charge in [0.25, 0.3) is 0 Å². The molecule has 0 bridgehead atoms. The van der Waals surface area contributed by atoms with E-state index in [2.05, 4.69) is 22.2 Å². The van der Waals surface area contributed by atoms with Gasteiger partial charge in [-0.15, -0.1) is 0 Å². The maximum atomic E-state index is 10.1. The van der Waals surface area contributed by atoms with E-state index in [-0.39, 0.29) is 11.5 Å². The Bertz CT molecular complexity index is 422. The highest BCUT2D eigenvalue weighted by molar-refractivity contribution is 5.28. The largest absolute Gasteiger partial charge is 0.392 e. The number of anilines is 1. The molecule has 0 aliphatic heterocycles.